The van der Waals surface area contributed by atoms with Gasteiger partial charge in [0.2, 0.25) is 0 Å². The highest BCUT2D eigenvalue weighted by Gasteiger charge is 2.39. The first kappa shape index (κ1) is 26.9. The second-order valence-corrected chi connectivity index (χ2v) is 9.15. The molecular formula is C28H23Cl2N3O5. The van der Waals surface area contributed by atoms with E-state index in [4.69, 9.17) is 27.9 Å². The standard InChI is InChI=1S/C28H23Cl2N3O5/c1-2-3-16-38-28(37)18-6-14-22(15-7-18)33-26(35)23(30)24(27(33)36)31-20-10-4-17(5-11-20)25(34)32-21-12-8-19(29)9-13-21/h4-15,31H,2-3,16H2,1H3,(H,32,34). The summed E-state index contributed by atoms with van der Waals surface area (Å²) in [6.07, 6.45) is 1.67. The SMILES string of the molecule is CCCCOC(=O)c1ccc(N2C(=O)C(Cl)=C(Nc3ccc(C(=O)Nc4ccc(Cl)cc4)cc3)C2=O)cc1. The fourth-order valence-corrected chi connectivity index (χ4v) is 3.91. The van der Waals surface area contributed by atoms with Crippen molar-refractivity contribution in [2.24, 2.45) is 0 Å². The lowest BCUT2D eigenvalue weighted by atomic mass is 10.2. The van der Waals surface area contributed by atoms with Gasteiger partial charge in [-0.1, -0.05) is 36.5 Å². The van der Waals surface area contributed by atoms with Gasteiger partial charge in [0.05, 0.1) is 17.9 Å². The zero-order chi connectivity index (χ0) is 27.2. The van der Waals surface area contributed by atoms with Crippen LogP contribution in [0, 0.1) is 0 Å². The summed E-state index contributed by atoms with van der Waals surface area (Å²) in [5.74, 6) is -2.15. The number of hydrogen-bond donors (Lipinski definition) is 2. The van der Waals surface area contributed by atoms with Crippen molar-refractivity contribution >= 4 is 64.0 Å². The molecule has 0 aliphatic carbocycles. The Morgan fingerprint density at radius 1 is 0.816 bits per heavy atom. The van der Waals surface area contributed by atoms with Crippen LogP contribution in [0.2, 0.25) is 5.02 Å². The fraction of sp³-hybridized carbons (Fsp3) is 0.143. The Balaban J connectivity index is 1.41. The van der Waals surface area contributed by atoms with Gasteiger partial charge < -0.3 is 15.4 Å². The number of anilines is 3. The van der Waals surface area contributed by atoms with Gasteiger partial charge in [0, 0.05) is 22.0 Å². The number of unbranched alkanes of at least 4 members (excludes halogenated alkanes) is 1. The van der Waals surface area contributed by atoms with E-state index >= 15 is 0 Å². The van der Waals surface area contributed by atoms with E-state index in [-0.39, 0.29) is 22.3 Å². The summed E-state index contributed by atoms with van der Waals surface area (Å²) in [5.41, 5.74) is 1.90. The molecule has 0 radical (unpaired) electrons. The molecule has 0 saturated heterocycles. The average Bonchev–Trinajstić information content (AvgIpc) is 3.13. The maximum Gasteiger partial charge on any atom is 0.338 e. The molecule has 38 heavy (non-hydrogen) atoms. The van der Waals surface area contributed by atoms with Crippen LogP contribution in [-0.2, 0) is 14.3 Å². The highest BCUT2D eigenvalue weighted by Crippen LogP contribution is 2.30. The van der Waals surface area contributed by atoms with Crippen molar-refractivity contribution in [2.45, 2.75) is 19.8 Å². The number of ether oxygens (including phenoxy) is 1. The molecule has 10 heteroatoms. The van der Waals surface area contributed by atoms with Crippen LogP contribution in [0.15, 0.2) is 83.5 Å². The number of benzene rings is 3. The van der Waals surface area contributed by atoms with Crippen LogP contribution in [0.5, 0.6) is 0 Å². The first-order valence-electron chi connectivity index (χ1n) is 11.8. The molecule has 1 aliphatic heterocycles. The Morgan fingerprint density at radius 2 is 1.42 bits per heavy atom. The van der Waals surface area contributed by atoms with Crippen molar-refractivity contribution in [3.05, 3.63) is 99.7 Å². The van der Waals surface area contributed by atoms with Crippen LogP contribution in [-0.4, -0.2) is 30.3 Å². The summed E-state index contributed by atoms with van der Waals surface area (Å²) in [7, 11) is 0. The monoisotopic (exact) mass is 551 g/mol. The lowest BCUT2D eigenvalue weighted by Crippen LogP contribution is -2.32. The molecule has 1 heterocycles. The number of halogens is 2. The van der Waals surface area contributed by atoms with Gasteiger partial charge in [0.1, 0.15) is 10.7 Å². The van der Waals surface area contributed by atoms with Gasteiger partial charge in [-0.05, 0) is 79.2 Å². The van der Waals surface area contributed by atoms with Gasteiger partial charge >= 0.3 is 5.97 Å². The quantitative estimate of drug-likeness (QED) is 0.192. The van der Waals surface area contributed by atoms with E-state index in [0.717, 1.165) is 17.7 Å². The number of imide groups is 1. The fourth-order valence-electron chi connectivity index (χ4n) is 3.57. The molecule has 4 rings (SSSR count). The second-order valence-electron chi connectivity index (χ2n) is 8.33. The molecule has 3 amide bonds. The molecular weight excluding hydrogens is 529 g/mol. The van der Waals surface area contributed by atoms with E-state index in [1.807, 2.05) is 6.92 Å². The van der Waals surface area contributed by atoms with Gasteiger partial charge in [-0.25, -0.2) is 9.69 Å². The number of amides is 3. The van der Waals surface area contributed by atoms with Crippen LogP contribution in [0.1, 0.15) is 40.5 Å². The van der Waals surface area contributed by atoms with E-state index < -0.39 is 17.8 Å². The van der Waals surface area contributed by atoms with Crippen molar-refractivity contribution in [3.63, 3.8) is 0 Å². The summed E-state index contributed by atoms with van der Waals surface area (Å²) in [5, 5.41) is 5.91. The van der Waals surface area contributed by atoms with Crippen molar-refractivity contribution in [2.75, 3.05) is 22.1 Å². The third-order valence-corrected chi connectivity index (χ3v) is 6.24. The molecule has 0 bridgehead atoms. The molecule has 1 aliphatic rings. The maximum atomic E-state index is 13.1. The molecule has 2 N–H and O–H groups in total. The number of nitrogens with zero attached hydrogens (tertiary/aromatic N) is 1. The highest BCUT2D eigenvalue weighted by molar-refractivity contribution is 6.53. The number of rotatable bonds is 9. The van der Waals surface area contributed by atoms with Crippen molar-refractivity contribution in [1.29, 1.82) is 0 Å². The molecule has 3 aromatic carbocycles. The Kier molecular flexibility index (Phi) is 8.45. The Labute approximate surface area is 229 Å². The minimum Gasteiger partial charge on any atom is -0.462 e. The van der Waals surface area contributed by atoms with Crippen LogP contribution < -0.4 is 15.5 Å². The average molecular weight is 552 g/mol. The van der Waals surface area contributed by atoms with Crippen LogP contribution in [0.3, 0.4) is 0 Å². The predicted octanol–water partition coefficient (Wildman–Crippen LogP) is 5.98. The Bertz CT molecular complexity index is 1400. The molecule has 3 aromatic rings. The van der Waals surface area contributed by atoms with Crippen LogP contribution in [0.4, 0.5) is 17.1 Å². The smallest absolute Gasteiger partial charge is 0.338 e. The summed E-state index contributed by atoms with van der Waals surface area (Å²) >= 11 is 12.1. The predicted molar refractivity (Wildman–Crippen MR) is 146 cm³/mol. The zero-order valence-corrected chi connectivity index (χ0v) is 21.8. The largest absolute Gasteiger partial charge is 0.462 e. The lowest BCUT2D eigenvalue weighted by Gasteiger charge is -2.15. The lowest BCUT2D eigenvalue weighted by molar-refractivity contribution is -0.120. The number of nitrogens with one attached hydrogen (secondary N) is 2. The zero-order valence-electron chi connectivity index (χ0n) is 20.3. The van der Waals surface area contributed by atoms with Crippen molar-refractivity contribution < 1.29 is 23.9 Å². The number of carbonyl (C=O) groups excluding carboxylic acids is 4. The van der Waals surface area contributed by atoms with E-state index in [9.17, 15) is 19.2 Å². The van der Waals surface area contributed by atoms with Crippen LogP contribution in [0.25, 0.3) is 0 Å². The first-order valence-corrected chi connectivity index (χ1v) is 12.5. The molecule has 0 spiro atoms. The molecule has 0 fully saturated rings. The number of hydrogen-bond acceptors (Lipinski definition) is 6. The maximum absolute atomic E-state index is 13.1. The van der Waals surface area contributed by atoms with E-state index in [1.54, 1.807) is 48.5 Å². The minimum absolute atomic E-state index is 0.0990. The third-order valence-electron chi connectivity index (χ3n) is 5.64. The molecule has 0 atom stereocenters. The summed E-state index contributed by atoms with van der Waals surface area (Å²) < 4.78 is 5.18. The van der Waals surface area contributed by atoms with E-state index in [1.165, 1.54) is 24.3 Å². The molecule has 8 nitrogen and oxygen atoms in total. The molecule has 194 valence electrons. The van der Waals surface area contributed by atoms with Crippen molar-refractivity contribution in [1.82, 2.24) is 0 Å². The Morgan fingerprint density at radius 3 is 2.05 bits per heavy atom. The highest BCUT2D eigenvalue weighted by atomic mass is 35.5. The van der Waals surface area contributed by atoms with Crippen LogP contribution >= 0.6 is 23.2 Å². The molecule has 0 aromatic heterocycles. The topological polar surface area (TPSA) is 105 Å². The Hall–Kier alpha value is -4.14. The summed E-state index contributed by atoms with van der Waals surface area (Å²) in [6, 6.07) is 19.0. The minimum atomic E-state index is -0.698. The van der Waals surface area contributed by atoms with Gasteiger partial charge in [0.15, 0.2) is 0 Å². The molecule has 0 unspecified atom stereocenters. The normalized spacial score (nSPS) is 13.1. The summed E-state index contributed by atoms with van der Waals surface area (Å²) in [6.45, 7) is 2.32. The van der Waals surface area contributed by atoms with Gasteiger partial charge in [-0.15, -0.1) is 0 Å². The van der Waals surface area contributed by atoms with Gasteiger partial charge in [-0.3, -0.25) is 14.4 Å². The summed E-state index contributed by atoms with van der Waals surface area (Å²) in [4.78, 5) is 51.4. The van der Waals surface area contributed by atoms with E-state index in [2.05, 4.69) is 10.6 Å². The second kappa shape index (κ2) is 11.9. The number of esters is 1. The third kappa shape index (κ3) is 6.04. The molecule has 0 saturated carbocycles. The first-order chi connectivity index (χ1) is 18.3. The van der Waals surface area contributed by atoms with E-state index in [0.29, 0.717) is 34.1 Å². The van der Waals surface area contributed by atoms with Crippen molar-refractivity contribution in [3.8, 4) is 0 Å². The number of carbonyl (C=O) groups is 4. The van der Waals surface area contributed by atoms with Gasteiger partial charge in [-0.2, -0.15) is 0 Å². The van der Waals surface area contributed by atoms with Gasteiger partial charge in [0.25, 0.3) is 17.7 Å².